The van der Waals surface area contributed by atoms with Gasteiger partial charge < -0.3 is 9.74 Å². The van der Waals surface area contributed by atoms with E-state index in [0.29, 0.717) is 0 Å². The molecule has 3 nitrogen and oxygen atoms in total. The summed E-state index contributed by atoms with van der Waals surface area (Å²) < 4.78 is 6.22. The molecular formula is C11H22N2OSi. The number of hydrogen-bond acceptors (Lipinski definition) is 3. The van der Waals surface area contributed by atoms with Crippen LogP contribution in [0, 0.1) is 17.2 Å². The summed E-state index contributed by atoms with van der Waals surface area (Å²) in [4.78, 5) is 0. The van der Waals surface area contributed by atoms with Gasteiger partial charge in [-0.05, 0) is 18.1 Å². The van der Waals surface area contributed by atoms with Crippen molar-refractivity contribution in [3.63, 3.8) is 0 Å². The standard InChI is InChI=1S/C11H22N2OSi/c1-11(2,3)15(4,5)14-10-8-13-7-9(10)6-12/h9-10,13H,7-8H2,1-5H3/t9-,10-/m0/s1. The molecule has 1 fully saturated rings. The van der Waals surface area contributed by atoms with Crippen molar-refractivity contribution in [1.29, 1.82) is 5.26 Å². The average Bonchev–Trinajstić information content (AvgIpc) is 2.48. The quantitative estimate of drug-likeness (QED) is 0.734. The molecule has 0 aromatic heterocycles. The molecule has 0 spiro atoms. The third-order valence-corrected chi connectivity index (χ3v) is 8.08. The van der Waals surface area contributed by atoms with E-state index in [1.54, 1.807) is 0 Å². The lowest BCUT2D eigenvalue weighted by Crippen LogP contribution is -2.45. The maximum absolute atomic E-state index is 8.98. The molecular weight excluding hydrogens is 204 g/mol. The third-order valence-electron chi connectivity index (χ3n) is 3.58. The van der Waals surface area contributed by atoms with Gasteiger partial charge in [-0.1, -0.05) is 20.8 Å². The van der Waals surface area contributed by atoms with Crippen LogP contribution in [0.25, 0.3) is 0 Å². The summed E-state index contributed by atoms with van der Waals surface area (Å²) in [5, 5.41) is 12.4. The molecule has 1 saturated heterocycles. The maximum atomic E-state index is 8.98. The molecule has 0 unspecified atom stereocenters. The van der Waals surface area contributed by atoms with Crippen molar-refractivity contribution in [2.45, 2.75) is 45.0 Å². The van der Waals surface area contributed by atoms with Gasteiger partial charge in [0.2, 0.25) is 0 Å². The van der Waals surface area contributed by atoms with Gasteiger partial charge in [0.15, 0.2) is 8.32 Å². The average molecular weight is 226 g/mol. The van der Waals surface area contributed by atoms with Crippen molar-refractivity contribution in [2.24, 2.45) is 5.92 Å². The second-order valence-electron chi connectivity index (χ2n) is 5.81. The van der Waals surface area contributed by atoms with Crippen LogP contribution in [0.3, 0.4) is 0 Å². The molecule has 0 aromatic rings. The first kappa shape index (κ1) is 12.7. The SMILES string of the molecule is CC(C)(C)[Si](C)(C)O[C@H]1CNC[C@@H]1C#N. The summed E-state index contributed by atoms with van der Waals surface area (Å²) in [6.45, 7) is 12.7. The molecule has 0 aliphatic carbocycles. The maximum Gasteiger partial charge on any atom is 0.192 e. The van der Waals surface area contributed by atoms with Gasteiger partial charge in [0.1, 0.15) is 0 Å². The fourth-order valence-electron chi connectivity index (χ4n) is 1.46. The van der Waals surface area contributed by atoms with Gasteiger partial charge in [-0.3, -0.25) is 0 Å². The smallest absolute Gasteiger partial charge is 0.192 e. The highest BCUT2D eigenvalue weighted by Gasteiger charge is 2.41. The van der Waals surface area contributed by atoms with E-state index in [1.807, 2.05) is 0 Å². The Morgan fingerprint density at radius 3 is 2.40 bits per heavy atom. The molecule has 0 aromatic carbocycles. The van der Waals surface area contributed by atoms with Gasteiger partial charge in [0.25, 0.3) is 0 Å². The minimum absolute atomic E-state index is 0.0270. The topological polar surface area (TPSA) is 45.0 Å². The zero-order valence-electron chi connectivity index (χ0n) is 10.4. The van der Waals surface area contributed by atoms with Crippen LogP contribution < -0.4 is 5.32 Å². The first-order chi connectivity index (χ1) is 6.78. The zero-order valence-corrected chi connectivity index (χ0v) is 11.4. The molecule has 0 amide bonds. The summed E-state index contributed by atoms with van der Waals surface area (Å²) in [6.07, 6.45) is 0.0934. The van der Waals surface area contributed by atoms with Crippen LogP contribution in [0.4, 0.5) is 0 Å². The molecule has 15 heavy (non-hydrogen) atoms. The Kier molecular flexibility index (Phi) is 3.59. The first-order valence-corrected chi connectivity index (χ1v) is 8.47. The highest BCUT2D eigenvalue weighted by molar-refractivity contribution is 6.74. The third kappa shape index (κ3) is 2.80. The Morgan fingerprint density at radius 1 is 1.33 bits per heavy atom. The van der Waals surface area contributed by atoms with Crippen molar-refractivity contribution in [2.75, 3.05) is 13.1 Å². The number of nitrogens with zero attached hydrogens (tertiary/aromatic N) is 1. The van der Waals surface area contributed by atoms with Crippen molar-refractivity contribution in [3.8, 4) is 6.07 Å². The predicted octanol–water partition coefficient (Wildman–Crippen LogP) is 2.12. The summed E-state index contributed by atoms with van der Waals surface area (Å²) in [5.74, 6) is 0.0270. The molecule has 2 atom stereocenters. The van der Waals surface area contributed by atoms with Crippen LogP contribution in [0.2, 0.25) is 18.1 Å². The van der Waals surface area contributed by atoms with E-state index < -0.39 is 8.32 Å². The Hall–Kier alpha value is -0.373. The van der Waals surface area contributed by atoms with Crippen LogP contribution >= 0.6 is 0 Å². The monoisotopic (exact) mass is 226 g/mol. The van der Waals surface area contributed by atoms with Crippen molar-refractivity contribution in [3.05, 3.63) is 0 Å². The van der Waals surface area contributed by atoms with Crippen molar-refractivity contribution >= 4 is 8.32 Å². The van der Waals surface area contributed by atoms with Crippen LogP contribution in [0.1, 0.15) is 20.8 Å². The molecule has 1 N–H and O–H groups in total. The van der Waals surface area contributed by atoms with Gasteiger partial charge in [-0.15, -0.1) is 0 Å². The second-order valence-corrected chi connectivity index (χ2v) is 10.6. The van der Waals surface area contributed by atoms with Crippen LogP contribution in [0.5, 0.6) is 0 Å². The number of nitrogens with one attached hydrogen (secondary N) is 1. The summed E-state index contributed by atoms with van der Waals surface area (Å²) in [6, 6.07) is 2.32. The van der Waals surface area contributed by atoms with Gasteiger partial charge >= 0.3 is 0 Å². The van der Waals surface area contributed by atoms with Gasteiger partial charge in [-0.2, -0.15) is 5.26 Å². The van der Waals surface area contributed by atoms with Gasteiger partial charge in [0, 0.05) is 13.1 Å². The van der Waals surface area contributed by atoms with E-state index in [0.717, 1.165) is 13.1 Å². The van der Waals surface area contributed by atoms with E-state index in [4.69, 9.17) is 9.69 Å². The molecule has 1 rings (SSSR count). The Labute approximate surface area is 93.9 Å². The summed E-state index contributed by atoms with van der Waals surface area (Å²) >= 11 is 0. The Bertz CT molecular complexity index is 265. The minimum atomic E-state index is -1.72. The lowest BCUT2D eigenvalue weighted by atomic mass is 10.1. The lowest BCUT2D eigenvalue weighted by Gasteiger charge is -2.38. The fraction of sp³-hybridized carbons (Fsp3) is 0.909. The molecule has 1 heterocycles. The number of nitriles is 1. The highest BCUT2D eigenvalue weighted by Crippen LogP contribution is 2.38. The van der Waals surface area contributed by atoms with E-state index in [9.17, 15) is 0 Å². The van der Waals surface area contributed by atoms with E-state index in [-0.39, 0.29) is 17.1 Å². The predicted molar refractivity (Wildman–Crippen MR) is 64.0 cm³/mol. The summed E-state index contributed by atoms with van der Waals surface area (Å²) in [5.41, 5.74) is 0. The second kappa shape index (κ2) is 4.24. The fourth-order valence-corrected chi connectivity index (χ4v) is 2.82. The molecule has 1 aliphatic heterocycles. The van der Waals surface area contributed by atoms with Crippen LogP contribution in [-0.4, -0.2) is 27.5 Å². The zero-order chi connectivity index (χ0) is 11.7. The highest BCUT2D eigenvalue weighted by atomic mass is 28.4. The molecule has 0 radical (unpaired) electrons. The number of rotatable bonds is 2. The van der Waals surface area contributed by atoms with Crippen LogP contribution in [0.15, 0.2) is 0 Å². The lowest BCUT2D eigenvalue weighted by molar-refractivity contribution is 0.176. The largest absolute Gasteiger partial charge is 0.411 e. The Balaban J connectivity index is 2.66. The molecule has 0 bridgehead atoms. The van der Waals surface area contributed by atoms with Crippen molar-refractivity contribution in [1.82, 2.24) is 5.32 Å². The Morgan fingerprint density at radius 2 is 1.93 bits per heavy atom. The molecule has 0 saturated carbocycles. The van der Waals surface area contributed by atoms with Gasteiger partial charge in [-0.25, -0.2) is 0 Å². The molecule has 4 heteroatoms. The normalized spacial score (nSPS) is 27.7. The van der Waals surface area contributed by atoms with E-state index >= 15 is 0 Å². The first-order valence-electron chi connectivity index (χ1n) is 5.56. The molecule has 86 valence electrons. The number of hydrogen-bond donors (Lipinski definition) is 1. The minimum Gasteiger partial charge on any atom is -0.411 e. The van der Waals surface area contributed by atoms with Gasteiger partial charge in [0.05, 0.1) is 18.1 Å². The van der Waals surface area contributed by atoms with E-state index in [2.05, 4.69) is 45.3 Å². The van der Waals surface area contributed by atoms with E-state index in [1.165, 1.54) is 0 Å². The van der Waals surface area contributed by atoms with Crippen LogP contribution in [-0.2, 0) is 4.43 Å². The van der Waals surface area contributed by atoms with Crippen molar-refractivity contribution < 1.29 is 4.43 Å². The summed E-state index contributed by atoms with van der Waals surface area (Å²) in [7, 11) is -1.72. The molecule has 1 aliphatic rings.